The van der Waals surface area contributed by atoms with Gasteiger partial charge in [-0.15, -0.1) is 0 Å². The number of H-pyrrole nitrogens is 1. The lowest BCUT2D eigenvalue weighted by molar-refractivity contribution is -0.131. The number of carbonyl (C=O) groups excluding carboxylic acids is 1. The molecule has 2 fully saturated rings. The molecule has 3 rings (SSSR count). The van der Waals surface area contributed by atoms with E-state index in [2.05, 4.69) is 21.8 Å². The van der Waals surface area contributed by atoms with Gasteiger partial charge in [0.1, 0.15) is 0 Å². The van der Waals surface area contributed by atoms with Gasteiger partial charge in [0.25, 0.3) is 0 Å². The molecule has 0 aromatic carbocycles. The Morgan fingerprint density at radius 2 is 2.43 bits per heavy atom. The Kier molecular flexibility index (Phi) is 3.75. The van der Waals surface area contributed by atoms with Crippen LogP contribution in [0.4, 0.5) is 0 Å². The number of nitrogens with zero attached hydrogens (tertiary/aromatic N) is 3. The molecule has 2 N–H and O–H groups in total. The number of aliphatic hydroxyl groups is 1. The topological polar surface area (TPSA) is 72.5 Å². The number of hydrogen-bond donors (Lipinski definition) is 2. The first kappa shape index (κ1) is 14.5. The summed E-state index contributed by atoms with van der Waals surface area (Å²) in [5.41, 5.74) is 0.858. The number of amides is 1. The van der Waals surface area contributed by atoms with Crippen LogP contribution in [0, 0.1) is 5.92 Å². The van der Waals surface area contributed by atoms with Gasteiger partial charge in [-0.3, -0.25) is 9.69 Å². The van der Waals surface area contributed by atoms with E-state index in [1.165, 1.54) is 0 Å². The van der Waals surface area contributed by atoms with Crippen LogP contribution in [0.1, 0.15) is 32.4 Å². The fraction of sp³-hybridized carbons (Fsp3) is 0.733. The van der Waals surface area contributed by atoms with Crippen LogP contribution in [0.3, 0.4) is 0 Å². The van der Waals surface area contributed by atoms with Crippen molar-refractivity contribution in [2.75, 3.05) is 19.7 Å². The summed E-state index contributed by atoms with van der Waals surface area (Å²) in [7, 11) is 0. The van der Waals surface area contributed by atoms with E-state index >= 15 is 0 Å². The summed E-state index contributed by atoms with van der Waals surface area (Å²) in [6.07, 6.45) is 5.45. The number of fused-ring (bicyclic) bond motifs is 1. The van der Waals surface area contributed by atoms with Crippen molar-refractivity contribution in [2.24, 2.45) is 5.92 Å². The van der Waals surface area contributed by atoms with Crippen LogP contribution >= 0.6 is 0 Å². The van der Waals surface area contributed by atoms with Gasteiger partial charge in [-0.1, -0.05) is 0 Å². The fourth-order valence-corrected chi connectivity index (χ4v) is 4.02. The van der Waals surface area contributed by atoms with Crippen LogP contribution in [0.25, 0.3) is 0 Å². The first-order valence-electron chi connectivity index (χ1n) is 7.64. The summed E-state index contributed by atoms with van der Waals surface area (Å²) >= 11 is 0. The van der Waals surface area contributed by atoms with Crippen LogP contribution in [0.15, 0.2) is 12.5 Å². The number of aromatic amines is 1. The summed E-state index contributed by atoms with van der Waals surface area (Å²) in [6.45, 7) is 6.32. The molecule has 2 aliphatic rings. The van der Waals surface area contributed by atoms with E-state index in [9.17, 15) is 9.90 Å². The smallest absolute Gasteiger partial charge is 0.219 e. The lowest BCUT2D eigenvalue weighted by Gasteiger charge is -2.40. The Labute approximate surface area is 125 Å². The van der Waals surface area contributed by atoms with Gasteiger partial charge in [-0.2, -0.15) is 0 Å². The van der Waals surface area contributed by atoms with E-state index in [0.29, 0.717) is 12.0 Å². The number of nitrogens with one attached hydrogen (secondary N) is 1. The third-order valence-corrected chi connectivity index (χ3v) is 5.17. The van der Waals surface area contributed by atoms with E-state index in [1.54, 1.807) is 13.3 Å². The second-order valence-corrected chi connectivity index (χ2v) is 6.65. The summed E-state index contributed by atoms with van der Waals surface area (Å²) in [5, 5.41) is 9.90. The van der Waals surface area contributed by atoms with Gasteiger partial charge < -0.3 is 15.0 Å². The van der Waals surface area contributed by atoms with Crippen LogP contribution < -0.4 is 0 Å². The number of aromatic nitrogens is 2. The van der Waals surface area contributed by atoms with Crippen LogP contribution in [0.2, 0.25) is 0 Å². The van der Waals surface area contributed by atoms with Crippen molar-refractivity contribution in [3.63, 3.8) is 0 Å². The third kappa shape index (κ3) is 2.58. The summed E-state index contributed by atoms with van der Waals surface area (Å²) in [6, 6.07) is 0.432. The molecule has 0 saturated carbocycles. The third-order valence-electron chi connectivity index (χ3n) is 5.17. The molecule has 1 aromatic heterocycles. The molecule has 0 bridgehead atoms. The molecule has 0 unspecified atom stereocenters. The number of likely N-dealkylation sites (tertiary alicyclic amines) is 2. The van der Waals surface area contributed by atoms with Gasteiger partial charge in [-0.25, -0.2) is 4.98 Å². The number of hydrogen-bond acceptors (Lipinski definition) is 4. The van der Waals surface area contributed by atoms with Crippen molar-refractivity contribution in [1.82, 2.24) is 19.8 Å². The number of carbonyl (C=O) groups is 1. The molecule has 3 heterocycles. The molecule has 116 valence electrons. The van der Waals surface area contributed by atoms with Crippen molar-refractivity contribution in [2.45, 2.75) is 44.8 Å². The number of piperidine rings is 1. The molecule has 0 radical (unpaired) electrons. The highest BCUT2D eigenvalue weighted by molar-refractivity contribution is 5.73. The van der Waals surface area contributed by atoms with Crippen LogP contribution in [-0.4, -0.2) is 62.1 Å². The van der Waals surface area contributed by atoms with Gasteiger partial charge in [0, 0.05) is 50.0 Å². The first-order chi connectivity index (χ1) is 10.0. The van der Waals surface area contributed by atoms with Gasteiger partial charge in [0.15, 0.2) is 0 Å². The largest absolute Gasteiger partial charge is 0.394 e. The Morgan fingerprint density at radius 3 is 3.05 bits per heavy atom. The molecule has 1 aromatic rings. The van der Waals surface area contributed by atoms with Gasteiger partial charge in [0.2, 0.25) is 5.91 Å². The summed E-state index contributed by atoms with van der Waals surface area (Å²) < 4.78 is 0. The highest BCUT2D eigenvalue weighted by Crippen LogP contribution is 2.42. The zero-order chi connectivity index (χ0) is 15.0. The van der Waals surface area contributed by atoms with Crippen molar-refractivity contribution >= 4 is 5.91 Å². The zero-order valence-corrected chi connectivity index (χ0v) is 12.7. The molecule has 3 atom stereocenters. The van der Waals surface area contributed by atoms with E-state index in [4.69, 9.17) is 0 Å². The summed E-state index contributed by atoms with van der Waals surface area (Å²) in [4.78, 5) is 23.2. The van der Waals surface area contributed by atoms with E-state index in [1.807, 2.05) is 11.1 Å². The minimum atomic E-state index is -0.215. The molecule has 6 nitrogen and oxygen atoms in total. The maximum Gasteiger partial charge on any atom is 0.219 e. The monoisotopic (exact) mass is 292 g/mol. The number of rotatable bonds is 3. The van der Waals surface area contributed by atoms with Crippen LogP contribution in [-0.2, 0) is 11.3 Å². The SMILES string of the molecule is CC(=O)N1CC[C@H]2[C@H](C1)C[C@](C)(CO)N2Cc1cnc[nH]1. The second kappa shape index (κ2) is 5.42. The molecule has 1 amide bonds. The second-order valence-electron chi connectivity index (χ2n) is 6.65. The fourth-order valence-electron chi connectivity index (χ4n) is 4.02. The van der Waals surface area contributed by atoms with Crippen molar-refractivity contribution < 1.29 is 9.90 Å². The molecular formula is C15H24N4O2. The number of aliphatic hydroxyl groups excluding tert-OH is 1. The molecule has 21 heavy (non-hydrogen) atoms. The number of imidazole rings is 1. The maximum absolute atomic E-state index is 11.6. The van der Waals surface area contributed by atoms with Crippen molar-refractivity contribution in [3.05, 3.63) is 18.2 Å². The Bertz CT molecular complexity index is 504. The predicted molar refractivity (Wildman–Crippen MR) is 78.4 cm³/mol. The molecule has 0 spiro atoms. The maximum atomic E-state index is 11.6. The average molecular weight is 292 g/mol. The van der Waals surface area contributed by atoms with Crippen LogP contribution in [0.5, 0.6) is 0 Å². The standard InChI is InChI=1S/C15H24N4O2/c1-11(21)18-4-3-14-12(7-18)5-15(2,9-20)19(14)8-13-6-16-10-17-13/h6,10,12,14,20H,3-5,7-9H2,1-2H3,(H,16,17)/t12-,14-,15+/m0/s1. The van der Waals surface area contributed by atoms with Gasteiger partial charge >= 0.3 is 0 Å². The Hall–Kier alpha value is -1.40. The van der Waals surface area contributed by atoms with E-state index < -0.39 is 0 Å². The predicted octanol–water partition coefficient (Wildman–Crippen LogP) is 0.603. The Balaban J connectivity index is 1.79. The van der Waals surface area contributed by atoms with E-state index in [-0.39, 0.29) is 18.1 Å². The molecule has 0 aliphatic carbocycles. The summed E-state index contributed by atoms with van der Waals surface area (Å²) in [5.74, 6) is 0.605. The highest BCUT2D eigenvalue weighted by atomic mass is 16.3. The van der Waals surface area contributed by atoms with E-state index in [0.717, 1.165) is 38.2 Å². The molecule has 6 heteroatoms. The minimum absolute atomic E-state index is 0.147. The molecule has 2 aliphatic heterocycles. The van der Waals surface area contributed by atoms with Crippen molar-refractivity contribution in [3.8, 4) is 0 Å². The van der Waals surface area contributed by atoms with Gasteiger partial charge in [0.05, 0.1) is 12.9 Å². The Morgan fingerprint density at radius 1 is 1.62 bits per heavy atom. The lowest BCUT2D eigenvalue weighted by Crippen LogP contribution is -2.51. The normalized spacial score (nSPS) is 33.2. The van der Waals surface area contributed by atoms with Crippen molar-refractivity contribution in [1.29, 1.82) is 0 Å². The highest BCUT2D eigenvalue weighted by Gasteiger charge is 2.50. The zero-order valence-electron chi connectivity index (χ0n) is 12.7. The van der Waals surface area contributed by atoms with Gasteiger partial charge in [-0.05, 0) is 25.7 Å². The first-order valence-corrected chi connectivity index (χ1v) is 7.64. The molecular weight excluding hydrogens is 268 g/mol. The quantitative estimate of drug-likeness (QED) is 0.856. The lowest BCUT2D eigenvalue weighted by atomic mass is 9.89. The molecule has 2 saturated heterocycles. The minimum Gasteiger partial charge on any atom is -0.394 e. The average Bonchev–Trinajstić information content (AvgIpc) is 3.06.